The highest BCUT2D eigenvalue weighted by molar-refractivity contribution is 8.03. The van der Waals surface area contributed by atoms with Crippen LogP contribution in [0.4, 0.5) is 5.69 Å². The summed E-state index contributed by atoms with van der Waals surface area (Å²) in [4.78, 5) is 25.2. The molecule has 0 radical (unpaired) electrons. The zero-order chi connectivity index (χ0) is 21.0. The second-order valence-corrected chi connectivity index (χ2v) is 7.63. The summed E-state index contributed by atoms with van der Waals surface area (Å²) in [5.74, 6) is -0.921. The molecule has 7 heteroatoms. The van der Waals surface area contributed by atoms with Gasteiger partial charge < -0.3 is 14.5 Å². The second kappa shape index (κ2) is 8.84. The minimum absolute atomic E-state index is 0.0292. The average molecular weight is 408 g/mol. The van der Waals surface area contributed by atoms with Gasteiger partial charge >= 0.3 is 5.97 Å². The van der Waals surface area contributed by atoms with Crippen molar-refractivity contribution in [1.82, 2.24) is 0 Å². The number of aryl methyl sites for hydroxylation is 3. The molecule has 0 fully saturated rings. The fraction of sp³-hybridized carbons (Fsp3) is 0.227. The Labute approximate surface area is 172 Å². The van der Waals surface area contributed by atoms with Gasteiger partial charge in [-0.3, -0.25) is 9.59 Å². The highest BCUT2D eigenvalue weighted by atomic mass is 32.2. The number of fused-ring (bicyclic) bond motifs is 1. The zero-order valence-electron chi connectivity index (χ0n) is 16.4. The lowest BCUT2D eigenvalue weighted by molar-refractivity contribution is -0.146. The highest BCUT2D eigenvalue weighted by Gasteiger charge is 2.14. The summed E-state index contributed by atoms with van der Waals surface area (Å²) in [5.41, 5.74) is 4.84. The molecular formula is C22H20N2O4S. The number of carbonyl (C=O) groups excluding carboxylic acids is 2. The standard InChI is InChI=1S/C22H20N2O4S/c1-13-4-5-18-16(10-27-19(18)6-13)9-21(26)28-11-20(25)24-22-14(2)7-17(29-12-23)8-15(22)3/h4-8,10H,9,11H2,1-3H3,(H,24,25). The maximum absolute atomic E-state index is 12.2. The van der Waals surface area contributed by atoms with E-state index in [1.807, 2.05) is 56.5 Å². The monoisotopic (exact) mass is 408 g/mol. The molecule has 3 rings (SSSR count). The van der Waals surface area contributed by atoms with Crippen molar-refractivity contribution in [3.05, 3.63) is 58.8 Å². The molecule has 2 aromatic carbocycles. The molecule has 0 unspecified atom stereocenters. The Morgan fingerprint density at radius 1 is 1.17 bits per heavy atom. The van der Waals surface area contributed by atoms with Crippen LogP contribution in [0.2, 0.25) is 0 Å². The number of hydrogen-bond donors (Lipinski definition) is 1. The number of anilines is 1. The smallest absolute Gasteiger partial charge is 0.310 e. The summed E-state index contributed by atoms with van der Waals surface area (Å²) >= 11 is 1.06. The van der Waals surface area contributed by atoms with E-state index in [-0.39, 0.29) is 13.0 Å². The van der Waals surface area contributed by atoms with Crippen molar-refractivity contribution in [3.8, 4) is 5.40 Å². The van der Waals surface area contributed by atoms with E-state index in [0.29, 0.717) is 5.69 Å². The van der Waals surface area contributed by atoms with Gasteiger partial charge in [-0.15, -0.1) is 0 Å². The van der Waals surface area contributed by atoms with Crippen molar-refractivity contribution in [3.63, 3.8) is 0 Å². The molecule has 1 aromatic heterocycles. The number of thioether (sulfide) groups is 1. The Morgan fingerprint density at radius 2 is 1.90 bits per heavy atom. The van der Waals surface area contributed by atoms with Gasteiger partial charge in [0.15, 0.2) is 6.61 Å². The molecule has 0 aliphatic heterocycles. The number of nitriles is 1. The van der Waals surface area contributed by atoms with Crippen molar-refractivity contribution >= 4 is 40.3 Å². The first-order chi connectivity index (χ1) is 13.9. The first-order valence-electron chi connectivity index (χ1n) is 8.96. The molecule has 0 aliphatic rings. The van der Waals surface area contributed by atoms with Crippen molar-refractivity contribution in [1.29, 1.82) is 5.26 Å². The molecule has 6 nitrogen and oxygen atoms in total. The highest BCUT2D eigenvalue weighted by Crippen LogP contribution is 2.27. The fourth-order valence-corrected chi connectivity index (χ4v) is 3.66. The van der Waals surface area contributed by atoms with E-state index in [0.717, 1.165) is 49.9 Å². The SMILES string of the molecule is Cc1ccc2c(CC(=O)OCC(=O)Nc3c(C)cc(SC#N)cc3C)coc2c1. The van der Waals surface area contributed by atoms with E-state index in [1.54, 1.807) is 6.26 Å². The number of carbonyl (C=O) groups is 2. The van der Waals surface area contributed by atoms with E-state index >= 15 is 0 Å². The molecule has 1 N–H and O–H groups in total. The summed E-state index contributed by atoms with van der Waals surface area (Å²) in [6.45, 7) is 5.29. The molecule has 0 bridgehead atoms. The lowest BCUT2D eigenvalue weighted by Gasteiger charge is -2.13. The molecular weight excluding hydrogens is 388 g/mol. The van der Waals surface area contributed by atoms with E-state index in [9.17, 15) is 9.59 Å². The molecule has 0 saturated heterocycles. The van der Waals surface area contributed by atoms with E-state index in [1.165, 1.54) is 0 Å². The third-order valence-electron chi connectivity index (χ3n) is 4.44. The number of nitrogens with zero attached hydrogens (tertiary/aromatic N) is 1. The van der Waals surface area contributed by atoms with Crippen molar-refractivity contribution < 1.29 is 18.7 Å². The molecule has 1 heterocycles. The van der Waals surface area contributed by atoms with E-state index < -0.39 is 11.9 Å². The number of ether oxygens (including phenoxy) is 1. The van der Waals surface area contributed by atoms with Crippen LogP contribution in [0, 0.1) is 31.4 Å². The summed E-state index contributed by atoms with van der Waals surface area (Å²) in [6, 6.07) is 9.42. The summed E-state index contributed by atoms with van der Waals surface area (Å²) in [7, 11) is 0. The Bertz CT molecular complexity index is 1100. The number of benzene rings is 2. The molecule has 0 aliphatic carbocycles. The number of amides is 1. The number of hydrogen-bond acceptors (Lipinski definition) is 6. The third-order valence-corrected chi connectivity index (χ3v) is 5.01. The number of nitrogens with one attached hydrogen (secondary N) is 1. The van der Waals surface area contributed by atoms with Gasteiger partial charge in [-0.1, -0.05) is 12.1 Å². The van der Waals surface area contributed by atoms with Crippen LogP contribution in [0.5, 0.6) is 0 Å². The number of esters is 1. The predicted octanol–water partition coefficient (Wildman–Crippen LogP) is 4.66. The van der Waals surface area contributed by atoms with Crippen molar-refractivity contribution in [2.75, 3.05) is 11.9 Å². The van der Waals surface area contributed by atoms with Gasteiger partial charge in [0.1, 0.15) is 11.0 Å². The van der Waals surface area contributed by atoms with Gasteiger partial charge in [-0.25, -0.2) is 0 Å². The predicted molar refractivity (Wildman–Crippen MR) is 112 cm³/mol. The normalized spacial score (nSPS) is 10.6. The molecule has 0 atom stereocenters. The van der Waals surface area contributed by atoms with E-state index in [2.05, 4.69) is 5.32 Å². The van der Waals surface area contributed by atoms with Gasteiger partial charge in [0.25, 0.3) is 5.91 Å². The molecule has 3 aromatic rings. The first kappa shape index (κ1) is 20.5. The molecule has 0 spiro atoms. The molecule has 0 saturated carbocycles. The maximum atomic E-state index is 12.2. The van der Waals surface area contributed by atoms with E-state index in [4.69, 9.17) is 14.4 Å². The van der Waals surface area contributed by atoms with Crippen LogP contribution in [0.25, 0.3) is 11.0 Å². The lowest BCUT2D eigenvalue weighted by Crippen LogP contribution is -2.22. The van der Waals surface area contributed by atoms with Crippen LogP contribution in [0.3, 0.4) is 0 Å². The molecule has 1 amide bonds. The summed E-state index contributed by atoms with van der Waals surface area (Å²) in [5, 5.41) is 14.4. The van der Waals surface area contributed by atoms with Crippen LogP contribution in [-0.2, 0) is 20.7 Å². The van der Waals surface area contributed by atoms with Crippen LogP contribution >= 0.6 is 11.8 Å². The lowest BCUT2D eigenvalue weighted by atomic mass is 10.1. The van der Waals surface area contributed by atoms with Crippen molar-refractivity contribution in [2.24, 2.45) is 0 Å². The van der Waals surface area contributed by atoms with Gasteiger partial charge in [0, 0.05) is 21.5 Å². The first-order valence-corrected chi connectivity index (χ1v) is 9.78. The van der Waals surface area contributed by atoms with Crippen LogP contribution < -0.4 is 5.32 Å². The van der Waals surface area contributed by atoms with Gasteiger partial charge in [0.2, 0.25) is 0 Å². The van der Waals surface area contributed by atoms with Crippen LogP contribution in [-0.4, -0.2) is 18.5 Å². The average Bonchev–Trinajstić information content (AvgIpc) is 3.05. The summed E-state index contributed by atoms with van der Waals surface area (Å²) in [6.07, 6.45) is 1.57. The quantitative estimate of drug-likeness (QED) is 0.362. The summed E-state index contributed by atoms with van der Waals surface area (Å²) < 4.78 is 10.6. The largest absolute Gasteiger partial charge is 0.464 e. The van der Waals surface area contributed by atoms with Crippen molar-refractivity contribution in [2.45, 2.75) is 32.1 Å². The van der Waals surface area contributed by atoms with Gasteiger partial charge in [-0.05, 0) is 67.4 Å². The minimum Gasteiger partial charge on any atom is -0.464 e. The fourth-order valence-electron chi connectivity index (χ4n) is 3.09. The Balaban J connectivity index is 1.58. The maximum Gasteiger partial charge on any atom is 0.310 e. The minimum atomic E-state index is -0.502. The van der Waals surface area contributed by atoms with Crippen LogP contribution in [0.15, 0.2) is 45.9 Å². The number of rotatable bonds is 6. The Hall–Kier alpha value is -3.24. The number of thiocyanates is 1. The number of furan rings is 1. The van der Waals surface area contributed by atoms with Gasteiger partial charge in [-0.2, -0.15) is 5.26 Å². The van der Waals surface area contributed by atoms with Gasteiger partial charge in [0.05, 0.1) is 12.7 Å². The zero-order valence-corrected chi connectivity index (χ0v) is 17.2. The topological polar surface area (TPSA) is 92.3 Å². The molecule has 29 heavy (non-hydrogen) atoms. The Morgan fingerprint density at radius 3 is 2.59 bits per heavy atom. The Kier molecular flexibility index (Phi) is 6.25. The molecule has 148 valence electrons. The second-order valence-electron chi connectivity index (χ2n) is 6.77. The van der Waals surface area contributed by atoms with Crippen LogP contribution in [0.1, 0.15) is 22.3 Å². The third kappa shape index (κ3) is 4.98.